The predicted molar refractivity (Wildman–Crippen MR) is 75.3 cm³/mol. The van der Waals surface area contributed by atoms with Crippen LogP contribution in [0.1, 0.15) is 5.56 Å². The molecule has 1 heterocycles. The van der Waals surface area contributed by atoms with Crippen LogP contribution in [0.25, 0.3) is 0 Å². The molecule has 0 saturated heterocycles. The second-order valence-electron chi connectivity index (χ2n) is 3.89. The van der Waals surface area contributed by atoms with E-state index in [1.54, 1.807) is 12.1 Å². The van der Waals surface area contributed by atoms with Gasteiger partial charge in [-0.25, -0.2) is 4.68 Å². The van der Waals surface area contributed by atoms with Crippen molar-refractivity contribution >= 4 is 23.4 Å². The number of hydrogen-bond acceptors (Lipinski definition) is 6. The summed E-state index contributed by atoms with van der Waals surface area (Å²) >= 11 is 1.20. The van der Waals surface area contributed by atoms with E-state index in [0.29, 0.717) is 17.3 Å². The van der Waals surface area contributed by atoms with Crippen LogP contribution in [-0.2, 0) is 11.2 Å². The van der Waals surface area contributed by atoms with Crippen LogP contribution in [0.3, 0.4) is 0 Å². The van der Waals surface area contributed by atoms with Crippen LogP contribution in [-0.4, -0.2) is 26.5 Å². The number of nitrogens with two attached hydrogens (primary N) is 1. The van der Waals surface area contributed by atoms with E-state index in [-0.39, 0.29) is 11.7 Å². The zero-order valence-corrected chi connectivity index (χ0v) is 11.3. The summed E-state index contributed by atoms with van der Waals surface area (Å²) in [4.78, 5) is 11.7. The van der Waals surface area contributed by atoms with Crippen LogP contribution in [0.15, 0.2) is 35.7 Å². The standard InChI is InChI=1S/C12H12N6OS/c13-6-5-9-1-3-10(4-2-9)16-11(19)7-20-12-17-15-8-18(12)14/h1-4,8H,5,7,14H2,(H,16,19). The van der Waals surface area contributed by atoms with Crippen molar-refractivity contribution in [2.45, 2.75) is 11.6 Å². The average Bonchev–Trinajstić information content (AvgIpc) is 2.84. The molecular weight excluding hydrogens is 276 g/mol. The Morgan fingerprint density at radius 2 is 2.20 bits per heavy atom. The minimum absolute atomic E-state index is 0.161. The Labute approximate surface area is 119 Å². The SMILES string of the molecule is N#CCc1ccc(NC(=O)CSc2nncn2N)cc1. The van der Waals surface area contributed by atoms with E-state index in [1.807, 2.05) is 12.1 Å². The van der Waals surface area contributed by atoms with Crippen LogP contribution in [0.2, 0.25) is 0 Å². The summed E-state index contributed by atoms with van der Waals surface area (Å²) in [6, 6.07) is 9.21. The molecule has 2 aromatic rings. The van der Waals surface area contributed by atoms with Crippen molar-refractivity contribution in [3.8, 4) is 6.07 Å². The highest BCUT2D eigenvalue weighted by Gasteiger charge is 2.07. The molecule has 0 fully saturated rings. The monoisotopic (exact) mass is 288 g/mol. The molecule has 0 unspecified atom stereocenters. The van der Waals surface area contributed by atoms with E-state index < -0.39 is 0 Å². The number of rotatable bonds is 5. The van der Waals surface area contributed by atoms with Crippen LogP contribution < -0.4 is 11.2 Å². The maximum Gasteiger partial charge on any atom is 0.234 e. The lowest BCUT2D eigenvalue weighted by molar-refractivity contribution is -0.113. The molecule has 0 aliphatic rings. The Kier molecular flexibility index (Phi) is 4.57. The number of nitrogens with zero attached hydrogens (tertiary/aromatic N) is 4. The summed E-state index contributed by atoms with van der Waals surface area (Å²) in [6.45, 7) is 0. The summed E-state index contributed by atoms with van der Waals surface area (Å²) in [5.41, 5.74) is 1.60. The summed E-state index contributed by atoms with van der Waals surface area (Å²) < 4.78 is 1.26. The molecular formula is C12H12N6OS. The molecule has 0 saturated carbocycles. The highest BCUT2D eigenvalue weighted by atomic mass is 32.2. The third kappa shape index (κ3) is 3.73. The molecule has 1 amide bonds. The predicted octanol–water partition coefficient (Wildman–Crippen LogP) is 0.789. The summed E-state index contributed by atoms with van der Waals surface area (Å²) in [5, 5.41) is 19.2. The van der Waals surface area contributed by atoms with Crippen molar-refractivity contribution in [1.29, 1.82) is 5.26 Å². The fourth-order valence-electron chi connectivity index (χ4n) is 1.46. The Hall–Kier alpha value is -2.53. The van der Waals surface area contributed by atoms with Gasteiger partial charge in [0, 0.05) is 5.69 Å². The molecule has 0 spiro atoms. The van der Waals surface area contributed by atoms with Crippen LogP contribution in [0, 0.1) is 11.3 Å². The van der Waals surface area contributed by atoms with Gasteiger partial charge in [-0.05, 0) is 17.7 Å². The van der Waals surface area contributed by atoms with Gasteiger partial charge in [0.05, 0.1) is 18.2 Å². The second-order valence-corrected chi connectivity index (χ2v) is 4.83. The number of thioether (sulfide) groups is 1. The smallest absolute Gasteiger partial charge is 0.234 e. The molecule has 0 radical (unpaired) electrons. The van der Waals surface area contributed by atoms with Gasteiger partial charge in [-0.2, -0.15) is 5.26 Å². The van der Waals surface area contributed by atoms with Gasteiger partial charge in [-0.1, -0.05) is 23.9 Å². The maximum absolute atomic E-state index is 11.7. The molecule has 2 rings (SSSR count). The fraction of sp³-hybridized carbons (Fsp3) is 0.167. The first-order valence-electron chi connectivity index (χ1n) is 5.72. The molecule has 1 aromatic heterocycles. The Balaban J connectivity index is 1.85. The topological polar surface area (TPSA) is 110 Å². The van der Waals surface area contributed by atoms with Crippen molar-refractivity contribution in [3.05, 3.63) is 36.2 Å². The minimum Gasteiger partial charge on any atom is -0.336 e. The third-order valence-electron chi connectivity index (χ3n) is 2.39. The maximum atomic E-state index is 11.7. The van der Waals surface area contributed by atoms with Gasteiger partial charge in [0.15, 0.2) is 0 Å². The molecule has 102 valence electrons. The van der Waals surface area contributed by atoms with E-state index in [4.69, 9.17) is 11.1 Å². The Bertz CT molecular complexity index is 630. The zero-order valence-electron chi connectivity index (χ0n) is 10.5. The first-order chi connectivity index (χ1) is 9.69. The number of nitriles is 1. The summed E-state index contributed by atoms with van der Waals surface area (Å²) in [6.07, 6.45) is 1.73. The molecule has 0 atom stereocenters. The van der Waals surface area contributed by atoms with Gasteiger partial charge in [-0.3, -0.25) is 4.79 Å². The third-order valence-corrected chi connectivity index (χ3v) is 3.35. The highest BCUT2D eigenvalue weighted by molar-refractivity contribution is 7.99. The lowest BCUT2D eigenvalue weighted by Crippen LogP contribution is -2.15. The number of hydrogen-bond donors (Lipinski definition) is 2. The van der Waals surface area contributed by atoms with Crippen molar-refractivity contribution < 1.29 is 4.79 Å². The van der Waals surface area contributed by atoms with Gasteiger partial charge >= 0.3 is 0 Å². The highest BCUT2D eigenvalue weighted by Crippen LogP contribution is 2.14. The molecule has 0 aliphatic heterocycles. The number of nitrogens with one attached hydrogen (secondary N) is 1. The molecule has 20 heavy (non-hydrogen) atoms. The van der Waals surface area contributed by atoms with Gasteiger partial charge < -0.3 is 11.2 Å². The number of nitrogen functional groups attached to an aromatic ring is 1. The largest absolute Gasteiger partial charge is 0.336 e. The van der Waals surface area contributed by atoms with Crippen molar-refractivity contribution in [3.63, 3.8) is 0 Å². The van der Waals surface area contributed by atoms with Gasteiger partial charge in [0.25, 0.3) is 0 Å². The molecule has 3 N–H and O–H groups in total. The molecule has 0 aliphatic carbocycles. The van der Waals surface area contributed by atoms with Crippen molar-refractivity contribution in [2.24, 2.45) is 0 Å². The molecule has 1 aromatic carbocycles. The summed E-state index contributed by atoms with van der Waals surface area (Å²) in [5.74, 6) is 5.57. The van der Waals surface area contributed by atoms with Crippen LogP contribution in [0.5, 0.6) is 0 Å². The molecule has 7 nitrogen and oxygen atoms in total. The van der Waals surface area contributed by atoms with E-state index in [1.165, 1.54) is 22.8 Å². The fourth-order valence-corrected chi connectivity index (χ4v) is 2.09. The second kappa shape index (κ2) is 6.58. The zero-order chi connectivity index (χ0) is 14.4. The Morgan fingerprint density at radius 1 is 1.45 bits per heavy atom. The number of carbonyl (C=O) groups is 1. The quantitative estimate of drug-likeness (QED) is 0.621. The van der Waals surface area contributed by atoms with Gasteiger partial charge in [-0.15, -0.1) is 10.2 Å². The number of amides is 1. The lowest BCUT2D eigenvalue weighted by atomic mass is 10.1. The number of anilines is 1. The van der Waals surface area contributed by atoms with Gasteiger partial charge in [0.2, 0.25) is 11.1 Å². The lowest BCUT2D eigenvalue weighted by Gasteiger charge is -2.05. The molecule has 8 heteroatoms. The van der Waals surface area contributed by atoms with Crippen LogP contribution in [0.4, 0.5) is 5.69 Å². The minimum atomic E-state index is -0.161. The van der Waals surface area contributed by atoms with E-state index in [0.717, 1.165) is 5.56 Å². The number of benzene rings is 1. The Morgan fingerprint density at radius 3 is 2.80 bits per heavy atom. The van der Waals surface area contributed by atoms with Crippen molar-refractivity contribution in [1.82, 2.24) is 14.9 Å². The molecule has 0 bridgehead atoms. The van der Waals surface area contributed by atoms with Crippen LogP contribution >= 0.6 is 11.8 Å². The van der Waals surface area contributed by atoms with Gasteiger partial charge in [0.1, 0.15) is 6.33 Å². The number of carbonyl (C=O) groups excluding carboxylic acids is 1. The summed E-state index contributed by atoms with van der Waals surface area (Å²) in [7, 11) is 0. The van der Waals surface area contributed by atoms with E-state index in [9.17, 15) is 4.79 Å². The number of aromatic nitrogens is 3. The first kappa shape index (κ1) is 13.9. The van der Waals surface area contributed by atoms with E-state index >= 15 is 0 Å². The first-order valence-corrected chi connectivity index (χ1v) is 6.71. The van der Waals surface area contributed by atoms with Crippen molar-refractivity contribution in [2.75, 3.05) is 16.9 Å². The normalized spacial score (nSPS) is 9.95. The van der Waals surface area contributed by atoms with E-state index in [2.05, 4.69) is 21.6 Å². The average molecular weight is 288 g/mol.